The van der Waals surface area contributed by atoms with Crippen LogP contribution in [0.5, 0.6) is 0 Å². The summed E-state index contributed by atoms with van der Waals surface area (Å²) in [5.74, 6) is -0.612. The highest BCUT2D eigenvalue weighted by Crippen LogP contribution is 2.35. The molecule has 0 radical (unpaired) electrons. The van der Waals surface area contributed by atoms with Crippen LogP contribution in [0.15, 0.2) is 48.5 Å². The van der Waals surface area contributed by atoms with E-state index >= 15 is 0 Å². The fourth-order valence-corrected chi connectivity index (χ4v) is 3.48. The Hall–Kier alpha value is -2.66. The summed E-state index contributed by atoms with van der Waals surface area (Å²) >= 11 is 0. The van der Waals surface area contributed by atoms with Crippen molar-refractivity contribution >= 4 is 16.9 Å². The minimum atomic E-state index is -0.463. The van der Waals surface area contributed by atoms with Crippen LogP contribution in [0.2, 0.25) is 0 Å². The number of H-pyrrole nitrogens is 1. The van der Waals surface area contributed by atoms with E-state index in [1.54, 1.807) is 6.07 Å². The molecule has 0 spiro atoms. The summed E-state index contributed by atoms with van der Waals surface area (Å²) in [7, 11) is 1.38. The van der Waals surface area contributed by atoms with Gasteiger partial charge >= 0.3 is 5.97 Å². The number of aromatic amines is 1. The van der Waals surface area contributed by atoms with Gasteiger partial charge in [0.2, 0.25) is 0 Å². The van der Waals surface area contributed by atoms with E-state index in [2.05, 4.69) is 10.3 Å². The van der Waals surface area contributed by atoms with Crippen LogP contribution in [0, 0.1) is 5.82 Å². The van der Waals surface area contributed by atoms with Crippen LogP contribution >= 0.6 is 0 Å². The first-order valence-electron chi connectivity index (χ1n) is 7.86. The second-order valence-electron chi connectivity index (χ2n) is 6.00. The third-order valence-electron chi connectivity index (χ3n) is 4.58. The monoisotopic (exact) mass is 324 g/mol. The number of fused-ring (bicyclic) bond motifs is 3. The summed E-state index contributed by atoms with van der Waals surface area (Å²) in [6.45, 7) is 0. The predicted octanol–water partition coefficient (Wildman–Crippen LogP) is 3.08. The van der Waals surface area contributed by atoms with Crippen molar-refractivity contribution in [1.29, 1.82) is 0 Å². The van der Waals surface area contributed by atoms with Crippen LogP contribution in [0.3, 0.4) is 0 Å². The summed E-state index contributed by atoms with van der Waals surface area (Å²) < 4.78 is 18.6. The second kappa shape index (κ2) is 5.76. The molecule has 122 valence electrons. The number of rotatable bonds is 2. The molecule has 0 aliphatic carbocycles. The van der Waals surface area contributed by atoms with Crippen LogP contribution in [0.4, 0.5) is 4.39 Å². The molecule has 0 fully saturated rings. The number of ether oxygens (including phenoxy) is 1. The summed E-state index contributed by atoms with van der Waals surface area (Å²) in [6, 6.07) is 13.7. The van der Waals surface area contributed by atoms with Gasteiger partial charge in [-0.25, -0.2) is 4.39 Å². The predicted molar refractivity (Wildman–Crippen MR) is 89.2 cm³/mol. The number of nitrogens with one attached hydrogen (secondary N) is 2. The highest BCUT2D eigenvalue weighted by Gasteiger charge is 2.34. The number of benzene rings is 2. The molecule has 2 heterocycles. The van der Waals surface area contributed by atoms with Crippen molar-refractivity contribution in [3.05, 3.63) is 71.2 Å². The van der Waals surface area contributed by atoms with Crippen LogP contribution in [-0.2, 0) is 16.0 Å². The Kier molecular flexibility index (Phi) is 3.58. The first-order valence-corrected chi connectivity index (χ1v) is 7.86. The van der Waals surface area contributed by atoms with Gasteiger partial charge in [0.05, 0.1) is 13.2 Å². The minimum absolute atomic E-state index is 0.291. The lowest BCUT2D eigenvalue weighted by molar-refractivity contribution is -0.143. The lowest BCUT2D eigenvalue weighted by Crippen LogP contribution is -2.45. The van der Waals surface area contributed by atoms with Crippen LogP contribution in [-0.4, -0.2) is 24.1 Å². The van der Waals surface area contributed by atoms with Gasteiger partial charge < -0.3 is 9.72 Å². The van der Waals surface area contributed by atoms with Crippen molar-refractivity contribution in [3.63, 3.8) is 0 Å². The molecule has 5 heteroatoms. The number of carbonyl (C=O) groups excluding carboxylic acids is 1. The second-order valence-corrected chi connectivity index (χ2v) is 6.00. The first-order chi connectivity index (χ1) is 11.7. The molecule has 0 unspecified atom stereocenters. The van der Waals surface area contributed by atoms with E-state index < -0.39 is 6.04 Å². The highest BCUT2D eigenvalue weighted by molar-refractivity contribution is 5.87. The van der Waals surface area contributed by atoms with E-state index in [0.717, 1.165) is 27.7 Å². The minimum Gasteiger partial charge on any atom is -0.468 e. The van der Waals surface area contributed by atoms with E-state index in [-0.39, 0.29) is 17.8 Å². The Bertz CT molecular complexity index is 919. The number of aromatic nitrogens is 1. The molecular formula is C19H17FN2O2. The third-order valence-corrected chi connectivity index (χ3v) is 4.58. The molecule has 2 N–H and O–H groups in total. The van der Waals surface area contributed by atoms with Gasteiger partial charge in [-0.3, -0.25) is 10.1 Å². The molecule has 0 amide bonds. The number of esters is 1. The van der Waals surface area contributed by atoms with Crippen LogP contribution in [0.1, 0.15) is 22.9 Å². The Morgan fingerprint density at radius 1 is 1.21 bits per heavy atom. The summed E-state index contributed by atoms with van der Waals surface area (Å²) in [6.07, 6.45) is 0.540. The average Bonchev–Trinajstić information content (AvgIpc) is 2.99. The Morgan fingerprint density at radius 2 is 2.04 bits per heavy atom. The summed E-state index contributed by atoms with van der Waals surface area (Å²) in [5.41, 5.74) is 3.84. The Balaban J connectivity index is 1.88. The Morgan fingerprint density at radius 3 is 2.83 bits per heavy atom. The average molecular weight is 324 g/mol. The van der Waals surface area contributed by atoms with Gasteiger partial charge in [-0.1, -0.05) is 30.3 Å². The van der Waals surface area contributed by atoms with Gasteiger partial charge in [0, 0.05) is 23.0 Å². The molecule has 24 heavy (non-hydrogen) atoms. The number of carbonyl (C=O) groups is 1. The number of halogens is 1. The first kappa shape index (κ1) is 14.9. The topological polar surface area (TPSA) is 54.1 Å². The fraction of sp³-hybridized carbons (Fsp3) is 0.211. The molecule has 1 aliphatic heterocycles. The summed E-state index contributed by atoms with van der Waals surface area (Å²) in [5, 5.41) is 4.38. The van der Waals surface area contributed by atoms with E-state index in [0.29, 0.717) is 6.42 Å². The van der Waals surface area contributed by atoms with Gasteiger partial charge in [-0.05, 0) is 29.3 Å². The molecule has 1 aliphatic rings. The van der Waals surface area contributed by atoms with E-state index in [4.69, 9.17) is 4.74 Å². The number of hydrogen-bond acceptors (Lipinski definition) is 3. The van der Waals surface area contributed by atoms with Gasteiger partial charge in [0.25, 0.3) is 0 Å². The molecule has 0 bridgehead atoms. The zero-order valence-electron chi connectivity index (χ0n) is 13.2. The van der Waals surface area contributed by atoms with Crippen molar-refractivity contribution in [2.45, 2.75) is 18.5 Å². The van der Waals surface area contributed by atoms with Crippen molar-refractivity contribution in [2.24, 2.45) is 0 Å². The van der Waals surface area contributed by atoms with Gasteiger partial charge in [0.15, 0.2) is 0 Å². The molecular weight excluding hydrogens is 307 g/mol. The van der Waals surface area contributed by atoms with Crippen molar-refractivity contribution < 1.29 is 13.9 Å². The lowest BCUT2D eigenvalue weighted by Gasteiger charge is -2.30. The fourth-order valence-electron chi connectivity index (χ4n) is 3.48. The zero-order valence-corrected chi connectivity index (χ0v) is 13.2. The van der Waals surface area contributed by atoms with Crippen molar-refractivity contribution in [1.82, 2.24) is 10.3 Å². The van der Waals surface area contributed by atoms with E-state index in [1.807, 2.05) is 30.3 Å². The molecule has 3 aromatic rings. The summed E-state index contributed by atoms with van der Waals surface area (Å²) in [4.78, 5) is 15.5. The maximum absolute atomic E-state index is 13.7. The number of hydrogen-bond donors (Lipinski definition) is 2. The van der Waals surface area contributed by atoms with E-state index in [9.17, 15) is 9.18 Å². The number of methoxy groups -OCH3 is 1. The quantitative estimate of drug-likeness (QED) is 0.712. The SMILES string of the molecule is COC(=O)[C@@H]1Cc2c([nH]c3ccccc23)[C@@H](c2cccc(F)c2)N1. The van der Waals surface area contributed by atoms with Crippen LogP contribution in [0.25, 0.3) is 10.9 Å². The largest absolute Gasteiger partial charge is 0.468 e. The number of para-hydroxylation sites is 1. The maximum atomic E-state index is 13.7. The van der Waals surface area contributed by atoms with E-state index in [1.165, 1.54) is 19.2 Å². The molecule has 0 saturated carbocycles. The highest BCUT2D eigenvalue weighted by atomic mass is 19.1. The Labute approximate surface area is 138 Å². The van der Waals surface area contributed by atoms with Gasteiger partial charge in [-0.15, -0.1) is 0 Å². The molecule has 4 nitrogen and oxygen atoms in total. The lowest BCUT2D eigenvalue weighted by atomic mass is 9.90. The molecule has 0 saturated heterocycles. The molecule has 2 atom stereocenters. The normalized spacial score (nSPS) is 19.9. The van der Waals surface area contributed by atoms with Crippen molar-refractivity contribution in [3.8, 4) is 0 Å². The van der Waals surface area contributed by atoms with Crippen LogP contribution < -0.4 is 5.32 Å². The standard InChI is InChI=1S/C19H17FN2O2/c1-24-19(23)16-10-14-13-7-2-3-8-15(13)21-18(14)17(22-16)11-5-4-6-12(20)9-11/h2-9,16-17,21-22H,10H2,1H3/t16-,17+/m0/s1. The van der Waals surface area contributed by atoms with Crippen molar-refractivity contribution in [2.75, 3.05) is 7.11 Å². The van der Waals surface area contributed by atoms with Gasteiger partial charge in [-0.2, -0.15) is 0 Å². The molecule has 2 aromatic carbocycles. The zero-order chi connectivity index (χ0) is 16.7. The molecule has 1 aromatic heterocycles. The maximum Gasteiger partial charge on any atom is 0.323 e. The van der Waals surface area contributed by atoms with Gasteiger partial charge in [0.1, 0.15) is 11.9 Å². The smallest absolute Gasteiger partial charge is 0.323 e. The molecule has 4 rings (SSSR count). The third kappa shape index (κ3) is 2.37.